The minimum absolute atomic E-state index is 0.0227. The number of aliphatic hydroxyl groups excluding tert-OH is 5. The normalized spacial score (nSPS) is 28.6. The first-order valence-corrected chi connectivity index (χ1v) is 13.2. The van der Waals surface area contributed by atoms with Crippen molar-refractivity contribution in [2.75, 3.05) is 23.4 Å². The zero-order valence-electron chi connectivity index (χ0n) is 22.4. The Morgan fingerprint density at radius 1 is 1.24 bits per heavy atom. The first kappa shape index (κ1) is 30.5. The van der Waals surface area contributed by atoms with Gasteiger partial charge in [0, 0.05) is 49.5 Å². The van der Waals surface area contributed by atoms with Crippen molar-refractivity contribution in [2.45, 2.75) is 62.6 Å². The Morgan fingerprint density at radius 3 is 2.71 bits per heavy atom. The molecule has 2 amide bonds. The van der Waals surface area contributed by atoms with Gasteiger partial charge in [0.2, 0.25) is 0 Å². The van der Waals surface area contributed by atoms with E-state index < -0.39 is 54.0 Å². The summed E-state index contributed by atoms with van der Waals surface area (Å²) in [5, 5.41) is 70.8. The van der Waals surface area contributed by atoms with Crippen LogP contribution in [0.25, 0.3) is 0 Å². The molecule has 4 rings (SSSR count). The Morgan fingerprint density at radius 2 is 2.00 bits per heavy atom. The number of carbonyl (C=O) groups excluding carboxylic acids is 2. The molecule has 0 bridgehead atoms. The van der Waals surface area contributed by atoms with Crippen molar-refractivity contribution in [3.8, 4) is 0 Å². The number of carbonyl (C=O) groups is 2. The van der Waals surface area contributed by atoms with Gasteiger partial charge < -0.3 is 45.6 Å². The summed E-state index contributed by atoms with van der Waals surface area (Å²) in [6.07, 6.45) is -1.26. The van der Waals surface area contributed by atoms with E-state index in [4.69, 9.17) is 9.84 Å². The highest BCUT2D eigenvalue weighted by molar-refractivity contribution is 6.08. The van der Waals surface area contributed by atoms with Gasteiger partial charge in [0.15, 0.2) is 18.0 Å². The predicted octanol–water partition coefficient (Wildman–Crippen LogP) is -1.45. The summed E-state index contributed by atoms with van der Waals surface area (Å²) in [4.78, 5) is 27.7. The molecule has 1 saturated heterocycles. The van der Waals surface area contributed by atoms with Gasteiger partial charge in [0.1, 0.15) is 18.3 Å². The molecule has 1 aromatic heterocycles. The molecule has 0 aliphatic carbocycles. The van der Waals surface area contributed by atoms with Crippen LogP contribution in [0.4, 0.5) is 11.4 Å². The summed E-state index contributed by atoms with van der Waals surface area (Å²) in [6, 6.07) is 4.49. The van der Waals surface area contributed by atoms with Gasteiger partial charge in [-0.1, -0.05) is 30.4 Å². The third-order valence-electron chi connectivity index (χ3n) is 7.26. The first-order valence-electron chi connectivity index (χ1n) is 13.2. The van der Waals surface area contributed by atoms with Crippen LogP contribution in [0, 0.1) is 5.92 Å². The van der Waals surface area contributed by atoms with Crippen LogP contribution in [0.1, 0.15) is 24.6 Å². The van der Waals surface area contributed by atoms with Crippen molar-refractivity contribution >= 4 is 23.2 Å². The van der Waals surface area contributed by atoms with Crippen LogP contribution in [-0.4, -0.2) is 101 Å². The summed E-state index contributed by atoms with van der Waals surface area (Å²) in [5.41, 5.74) is -0.476. The van der Waals surface area contributed by atoms with Gasteiger partial charge in [-0.3, -0.25) is 14.3 Å². The molecule has 7 atom stereocenters. The largest absolute Gasteiger partial charge is 0.396 e. The second-order valence-electron chi connectivity index (χ2n) is 10.1. The Kier molecular flexibility index (Phi) is 9.34. The monoisotopic (exact) mass is 573 g/mol. The molecule has 0 radical (unpaired) electrons. The quantitative estimate of drug-likeness (QED) is 0.155. The van der Waals surface area contributed by atoms with Crippen LogP contribution in [0.5, 0.6) is 0 Å². The molecular formula is C27H35N5O9. The highest BCUT2D eigenvalue weighted by atomic mass is 16.6. The van der Waals surface area contributed by atoms with E-state index in [2.05, 4.69) is 22.2 Å². The summed E-state index contributed by atoms with van der Waals surface area (Å²) in [7, 11) is 0. The fraction of sp³-hybridized carbons (Fsp3) is 0.481. The smallest absolute Gasteiger partial charge is 0.264 e. The second kappa shape index (κ2) is 12.6. The Labute approximate surface area is 235 Å². The van der Waals surface area contributed by atoms with Crippen molar-refractivity contribution < 1.29 is 45.0 Å². The number of amides is 2. The summed E-state index contributed by atoms with van der Waals surface area (Å²) < 4.78 is 6.62. The molecule has 7 N–H and O–H groups in total. The average Bonchev–Trinajstić information content (AvgIpc) is 3.48. The Hall–Kier alpha value is -3.50. The van der Waals surface area contributed by atoms with Gasteiger partial charge in [-0.25, -0.2) is 0 Å². The van der Waals surface area contributed by atoms with Gasteiger partial charge in [-0.05, 0) is 24.6 Å². The van der Waals surface area contributed by atoms with Gasteiger partial charge in [-0.2, -0.15) is 0 Å². The zero-order chi connectivity index (χ0) is 29.9. The highest BCUT2D eigenvalue weighted by Crippen LogP contribution is 2.46. The number of hydrogen-bond acceptors (Lipinski definition) is 11. The summed E-state index contributed by atoms with van der Waals surface area (Å²) >= 11 is 0. The molecule has 41 heavy (non-hydrogen) atoms. The van der Waals surface area contributed by atoms with Crippen molar-refractivity contribution in [2.24, 2.45) is 5.92 Å². The number of benzene rings is 1. The number of aromatic nitrogens is 3. The van der Waals surface area contributed by atoms with Crippen LogP contribution in [-0.2, 0) is 32.9 Å². The number of nitrogens with one attached hydrogen (secondary N) is 1. The lowest BCUT2D eigenvalue weighted by Crippen LogP contribution is -2.60. The molecule has 2 aliphatic rings. The number of aliphatic hydroxyl groups is 6. The maximum absolute atomic E-state index is 13.5. The molecule has 14 nitrogen and oxygen atoms in total. The van der Waals surface area contributed by atoms with Crippen LogP contribution in [0.2, 0.25) is 0 Å². The van der Waals surface area contributed by atoms with Gasteiger partial charge in [0.25, 0.3) is 11.8 Å². The SMILES string of the molecule is C=CCN1C(=O)[C@](O)([C@H](C)/C=C/CCn2cc(CCO)nn2)c2cc(NC(=O)[C@H]3O[C@@H](O)[C@H](O)[C@@H](O)[C@@H]3O)ccc21. The van der Waals surface area contributed by atoms with E-state index in [0.717, 1.165) is 0 Å². The number of aryl methyl sites for hydroxylation is 1. The molecule has 2 aromatic rings. The molecule has 222 valence electrons. The van der Waals surface area contributed by atoms with Crippen LogP contribution >= 0.6 is 0 Å². The van der Waals surface area contributed by atoms with E-state index in [1.165, 1.54) is 23.1 Å². The third kappa shape index (κ3) is 5.94. The molecule has 0 saturated carbocycles. The standard InChI is InChI=1S/C27H35N5O9/c1-3-10-32-19-8-7-16(28-24(37)23-21(35)20(34)22(36)25(38)41-23)13-18(19)27(40,26(32)39)15(2)6-4-5-11-31-14-17(9-12-33)29-30-31/h3-4,6-8,13-15,20-23,25,33-36,38,40H,1,5,9-12H2,2H3,(H,28,37)/b6-4+/t15-,20+,21+,22-,23+,25-,27+/m1/s1. The molecule has 1 fully saturated rings. The van der Waals surface area contributed by atoms with E-state index >= 15 is 0 Å². The predicted molar refractivity (Wildman–Crippen MR) is 144 cm³/mol. The maximum atomic E-state index is 13.5. The van der Waals surface area contributed by atoms with Crippen LogP contribution in [0.15, 0.2) is 49.2 Å². The molecule has 14 heteroatoms. The number of hydrogen-bond donors (Lipinski definition) is 7. The number of rotatable bonds is 11. The lowest BCUT2D eigenvalue weighted by molar-refractivity contribution is -0.274. The minimum atomic E-state index is -1.98. The topological polar surface area (TPSA) is 211 Å². The van der Waals surface area contributed by atoms with Gasteiger partial charge in [-0.15, -0.1) is 11.7 Å². The van der Waals surface area contributed by atoms with E-state index in [1.54, 1.807) is 29.9 Å². The highest BCUT2D eigenvalue weighted by Gasteiger charge is 2.52. The lowest BCUT2D eigenvalue weighted by Gasteiger charge is -2.37. The average molecular weight is 574 g/mol. The number of anilines is 2. The fourth-order valence-electron chi connectivity index (χ4n) is 4.95. The molecule has 0 unspecified atom stereocenters. The van der Waals surface area contributed by atoms with Gasteiger partial charge in [0.05, 0.1) is 11.4 Å². The molecule has 0 spiro atoms. The fourth-order valence-corrected chi connectivity index (χ4v) is 4.95. The van der Waals surface area contributed by atoms with Crippen LogP contribution < -0.4 is 10.2 Å². The number of nitrogens with zero attached hydrogens (tertiary/aromatic N) is 4. The Balaban J connectivity index is 1.53. The lowest BCUT2D eigenvalue weighted by atomic mass is 9.82. The number of fused-ring (bicyclic) bond motifs is 1. The summed E-state index contributed by atoms with van der Waals surface area (Å²) in [6.45, 7) is 5.99. The van der Waals surface area contributed by atoms with E-state index in [1.807, 2.05) is 6.08 Å². The van der Waals surface area contributed by atoms with E-state index in [0.29, 0.717) is 30.8 Å². The molecular weight excluding hydrogens is 538 g/mol. The molecule has 3 heterocycles. The number of ether oxygens (including phenoxy) is 1. The zero-order valence-corrected chi connectivity index (χ0v) is 22.4. The number of allylic oxidation sites excluding steroid dienone is 1. The first-order chi connectivity index (χ1) is 19.5. The van der Waals surface area contributed by atoms with Gasteiger partial charge >= 0.3 is 0 Å². The van der Waals surface area contributed by atoms with E-state index in [-0.39, 0.29) is 24.4 Å². The molecule has 1 aromatic carbocycles. The van der Waals surface area contributed by atoms with Crippen LogP contribution in [0.3, 0.4) is 0 Å². The summed E-state index contributed by atoms with van der Waals surface area (Å²) in [5.74, 6) is -2.17. The van der Waals surface area contributed by atoms with E-state index in [9.17, 15) is 35.1 Å². The van der Waals surface area contributed by atoms with Crippen molar-refractivity contribution in [1.29, 1.82) is 0 Å². The Bertz CT molecular complexity index is 1300. The van der Waals surface area contributed by atoms with Crippen molar-refractivity contribution in [3.63, 3.8) is 0 Å². The maximum Gasteiger partial charge on any atom is 0.264 e. The van der Waals surface area contributed by atoms with Crippen molar-refractivity contribution in [1.82, 2.24) is 15.0 Å². The second-order valence-corrected chi connectivity index (χ2v) is 10.1. The third-order valence-corrected chi connectivity index (χ3v) is 7.26. The van der Waals surface area contributed by atoms with Crippen molar-refractivity contribution in [3.05, 3.63) is 60.5 Å². The molecule has 2 aliphatic heterocycles. The minimum Gasteiger partial charge on any atom is -0.396 e.